The molecule has 0 saturated carbocycles. The highest BCUT2D eigenvalue weighted by Gasteiger charge is 2.05. The molecule has 1 unspecified atom stereocenters. The molecule has 5 heteroatoms. The minimum absolute atomic E-state index is 0. The van der Waals surface area contributed by atoms with Crippen LogP contribution in [0.1, 0.15) is 25.8 Å². The summed E-state index contributed by atoms with van der Waals surface area (Å²) in [6.07, 6.45) is 0.925. The number of nitrogens with one attached hydrogen (secondary N) is 1. The zero-order valence-electron chi connectivity index (χ0n) is 10.7. The molecule has 0 heterocycles. The van der Waals surface area contributed by atoms with Crippen LogP contribution in [0.25, 0.3) is 0 Å². The van der Waals surface area contributed by atoms with Gasteiger partial charge in [-0.05, 0) is 47.0 Å². The number of benzene rings is 1. The van der Waals surface area contributed by atoms with E-state index in [1.54, 1.807) is 0 Å². The number of hydrogen-bond acceptors (Lipinski definition) is 3. The first kappa shape index (κ1) is 17.7. The normalized spacial score (nSPS) is 11.8. The SMILES string of the molecule is CCOc1ccc(CNC(CC)CO)cc1Br.[Cl-]. The van der Waals surface area contributed by atoms with E-state index in [9.17, 15) is 0 Å². The van der Waals surface area contributed by atoms with E-state index in [0.29, 0.717) is 6.61 Å². The van der Waals surface area contributed by atoms with Crippen LogP contribution in [-0.4, -0.2) is 24.4 Å². The van der Waals surface area contributed by atoms with Gasteiger partial charge in [0.25, 0.3) is 0 Å². The number of aliphatic hydroxyl groups is 1. The zero-order chi connectivity index (χ0) is 12.7. The molecule has 1 aromatic carbocycles. The van der Waals surface area contributed by atoms with Gasteiger partial charge in [-0.2, -0.15) is 0 Å². The summed E-state index contributed by atoms with van der Waals surface area (Å²) in [5.41, 5.74) is 1.17. The fourth-order valence-electron chi connectivity index (χ4n) is 1.53. The third kappa shape index (κ3) is 5.57. The molecule has 0 aliphatic heterocycles. The molecule has 104 valence electrons. The van der Waals surface area contributed by atoms with Gasteiger partial charge in [-0.15, -0.1) is 0 Å². The van der Waals surface area contributed by atoms with Crippen LogP contribution in [0.2, 0.25) is 0 Å². The number of aliphatic hydroxyl groups excluding tert-OH is 1. The predicted octanol–water partition coefficient (Wildman–Crippen LogP) is -0.288. The van der Waals surface area contributed by atoms with E-state index in [2.05, 4.69) is 28.2 Å². The Morgan fingerprint density at radius 2 is 2.11 bits per heavy atom. The van der Waals surface area contributed by atoms with Crippen molar-refractivity contribution in [2.24, 2.45) is 0 Å². The first-order chi connectivity index (χ1) is 8.21. The minimum Gasteiger partial charge on any atom is -1.00 e. The molecule has 3 nitrogen and oxygen atoms in total. The molecule has 0 aromatic heterocycles. The highest BCUT2D eigenvalue weighted by Crippen LogP contribution is 2.25. The summed E-state index contributed by atoms with van der Waals surface area (Å²) in [7, 11) is 0. The second kappa shape index (κ2) is 9.62. The average molecular weight is 338 g/mol. The maximum absolute atomic E-state index is 9.08. The van der Waals surface area contributed by atoms with Crippen molar-refractivity contribution in [3.8, 4) is 5.75 Å². The standard InChI is InChI=1S/C13H20BrNO2.ClH/c1-3-11(9-16)15-8-10-5-6-13(17-4-2)12(14)7-10;/h5-7,11,15-16H,3-4,8-9H2,1-2H3;1H/p-1. The minimum atomic E-state index is 0. The largest absolute Gasteiger partial charge is 1.00 e. The van der Waals surface area contributed by atoms with E-state index >= 15 is 0 Å². The van der Waals surface area contributed by atoms with Gasteiger partial charge in [0.15, 0.2) is 0 Å². The Bertz CT molecular complexity index is 346. The van der Waals surface area contributed by atoms with Gasteiger partial charge in [-0.3, -0.25) is 0 Å². The summed E-state index contributed by atoms with van der Waals surface area (Å²) >= 11 is 3.49. The maximum Gasteiger partial charge on any atom is 0.133 e. The van der Waals surface area contributed by atoms with Crippen LogP contribution in [0.4, 0.5) is 0 Å². The lowest BCUT2D eigenvalue weighted by Gasteiger charge is -2.14. The van der Waals surface area contributed by atoms with E-state index in [1.165, 1.54) is 5.56 Å². The smallest absolute Gasteiger partial charge is 0.133 e. The van der Waals surface area contributed by atoms with Crippen molar-refractivity contribution in [3.05, 3.63) is 28.2 Å². The fraction of sp³-hybridized carbons (Fsp3) is 0.538. The first-order valence-corrected chi connectivity index (χ1v) is 6.76. The monoisotopic (exact) mass is 336 g/mol. The van der Waals surface area contributed by atoms with Crippen LogP contribution >= 0.6 is 15.9 Å². The van der Waals surface area contributed by atoms with E-state index in [0.717, 1.165) is 23.2 Å². The maximum atomic E-state index is 9.08. The molecule has 2 N–H and O–H groups in total. The van der Waals surface area contributed by atoms with E-state index in [-0.39, 0.29) is 25.1 Å². The number of rotatable bonds is 7. The van der Waals surface area contributed by atoms with Gasteiger partial charge in [0.1, 0.15) is 5.75 Å². The summed E-state index contributed by atoms with van der Waals surface area (Å²) in [5, 5.41) is 12.4. The molecule has 18 heavy (non-hydrogen) atoms. The van der Waals surface area contributed by atoms with Gasteiger partial charge in [0, 0.05) is 12.6 Å². The summed E-state index contributed by atoms with van der Waals surface area (Å²) in [5.74, 6) is 0.866. The van der Waals surface area contributed by atoms with Crippen molar-refractivity contribution in [2.75, 3.05) is 13.2 Å². The Kier molecular flexibility index (Phi) is 9.46. The molecule has 0 radical (unpaired) electrons. The molecule has 1 rings (SSSR count). The molecule has 0 aliphatic carbocycles. The summed E-state index contributed by atoms with van der Waals surface area (Å²) in [4.78, 5) is 0. The average Bonchev–Trinajstić information content (AvgIpc) is 2.34. The highest BCUT2D eigenvalue weighted by atomic mass is 79.9. The van der Waals surface area contributed by atoms with Gasteiger partial charge in [-0.25, -0.2) is 0 Å². The number of halogens is 2. The van der Waals surface area contributed by atoms with Crippen molar-refractivity contribution >= 4 is 15.9 Å². The van der Waals surface area contributed by atoms with Crippen LogP contribution in [0.15, 0.2) is 22.7 Å². The van der Waals surface area contributed by atoms with E-state index in [4.69, 9.17) is 9.84 Å². The molecule has 0 spiro atoms. The second-order valence-electron chi connectivity index (χ2n) is 3.87. The van der Waals surface area contributed by atoms with Gasteiger partial charge in [0.05, 0.1) is 17.7 Å². The molecule has 0 aliphatic rings. The Labute approximate surface area is 123 Å². The molecule has 0 bridgehead atoms. The van der Waals surface area contributed by atoms with E-state index in [1.807, 2.05) is 25.1 Å². The number of ether oxygens (including phenoxy) is 1. The van der Waals surface area contributed by atoms with Crippen molar-refractivity contribution in [2.45, 2.75) is 32.9 Å². The van der Waals surface area contributed by atoms with Gasteiger partial charge in [0.2, 0.25) is 0 Å². The highest BCUT2D eigenvalue weighted by molar-refractivity contribution is 9.10. The van der Waals surface area contributed by atoms with Crippen LogP contribution < -0.4 is 22.5 Å². The topological polar surface area (TPSA) is 41.5 Å². The van der Waals surface area contributed by atoms with Gasteiger partial charge in [-0.1, -0.05) is 13.0 Å². The van der Waals surface area contributed by atoms with E-state index < -0.39 is 0 Å². The van der Waals surface area contributed by atoms with Crippen molar-refractivity contribution in [1.82, 2.24) is 5.32 Å². The zero-order valence-corrected chi connectivity index (χ0v) is 13.1. The molecular formula is C13H20BrClNO2-. The van der Waals surface area contributed by atoms with Gasteiger partial charge < -0.3 is 27.6 Å². The lowest BCUT2D eigenvalue weighted by atomic mass is 10.2. The lowest BCUT2D eigenvalue weighted by molar-refractivity contribution is -0.00000506. The first-order valence-electron chi connectivity index (χ1n) is 5.96. The Morgan fingerprint density at radius 1 is 1.39 bits per heavy atom. The second-order valence-corrected chi connectivity index (χ2v) is 4.72. The van der Waals surface area contributed by atoms with Gasteiger partial charge >= 0.3 is 0 Å². The molecule has 1 aromatic rings. The summed E-state index contributed by atoms with van der Waals surface area (Å²) in [6.45, 7) is 5.62. The third-order valence-electron chi connectivity index (χ3n) is 2.60. The third-order valence-corrected chi connectivity index (χ3v) is 3.22. The Balaban J connectivity index is 0.00000289. The molecule has 0 fully saturated rings. The van der Waals surface area contributed by atoms with Crippen LogP contribution in [0, 0.1) is 0 Å². The Morgan fingerprint density at radius 3 is 2.61 bits per heavy atom. The van der Waals surface area contributed by atoms with Crippen LogP contribution in [0.3, 0.4) is 0 Å². The summed E-state index contributed by atoms with van der Waals surface area (Å²) < 4.78 is 6.42. The quantitative estimate of drug-likeness (QED) is 0.719. The van der Waals surface area contributed by atoms with Crippen molar-refractivity contribution in [3.63, 3.8) is 0 Å². The Hall–Kier alpha value is -0.290. The number of hydrogen-bond donors (Lipinski definition) is 2. The molecular weight excluding hydrogens is 318 g/mol. The molecule has 0 saturated heterocycles. The predicted molar refractivity (Wildman–Crippen MR) is 73.3 cm³/mol. The van der Waals surface area contributed by atoms with Crippen LogP contribution in [-0.2, 0) is 6.54 Å². The van der Waals surface area contributed by atoms with Crippen LogP contribution in [0.5, 0.6) is 5.75 Å². The molecule has 1 atom stereocenters. The molecule has 0 amide bonds. The van der Waals surface area contributed by atoms with Crippen molar-refractivity contribution < 1.29 is 22.3 Å². The van der Waals surface area contributed by atoms with Crippen molar-refractivity contribution in [1.29, 1.82) is 0 Å². The summed E-state index contributed by atoms with van der Waals surface area (Å²) in [6, 6.07) is 6.21. The fourth-order valence-corrected chi connectivity index (χ4v) is 2.07. The lowest BCUT2D eigenvalue weighted by Crippen LogP contribution is -3.00.